The Labute approximate surface area is 148 Å². The average Bonchev–Trinajstić information content (AvgIpc) is 2.53. The Balaban J connectivity index is 2.11. The number of sulfonamides is 1. The summed E-state index contributed by atoms with van der Waals surface area (Å²) < 4.78 is 56.5. The molecule has 0 spiro atoms. The number of anilines is 1. The molecule has 9 heteroatoms. The molecule has 0 aliphatic carbocycles. The Morgan fingerprint density at radius 3 is 2.08 bits per heavy atom. The minimum atomic E-state index is -3.46. The number of ether oxygens (including phenoxy) is 1. The van der Waals surface area contributed by atoms with Crippen LogP contribution in [-0.2, 0) is 14.8 Å². The van der Waals surface area contributed by atoms with E-state index in [1.807, 2.05) is 0 Å². The van der Waals surface area contributed by atoms with Crippen molar-refractivity contribution >= 4 is 27.5 Å². The Morgan fingerprint density at radius 1 is 1.04 bits per heavy atom. The van der Waals surface area contributed by atoms with E-state index in [9.17, 15) is 26.8 Å². The topological polar surface area (TPSA) is 89.5 Å². The maximum Gasteiger partial charge on any atom is 0.344 e. The second kappa shape index (κ2) is 7.61. The van der Waals surface area contributed by atoms with Gasteiger partial charge >= 0.3 is 5.97 Å². The van der Waals surface area contributed by atoms with Gasteiger partial charge in [-0.1, -0.05) is 6.07 Å². The van der Waals surface area contributed by atoms with Crippen molar-refractivity contribution in [2.24, 2.45) is 0 Å². The van der Waals surface area contributed by atoms with Crippen LogP contribution in [0.4, 0.5) is 14.5 Å². The summed E-state index contributed by atoms with van der Waals surface area (Å²) in [5.41, 5.74) is -0.486. The van der Waals surface area contributed by atoms with Crippen molar-refractivity contribution in [3.63, 3.8) is 0 Å². The second-order valence-corrected chi connectivity index (χ2v) is 7.21. The van der Waals surface area contributed by atoms with Crippen LogP contribution >= 0.6 is 0 Å². The zero-order valence-corrected chi connectivity index (χ0v) is 14.6. The molecule has 0 amide bonds. The molecule has 26 heavy (non-hydrogen) atoms. The van der Waals surface area contributed by atoms with Crippen LogP contribution in [-0.4, -0.2) is 32.5 Å². The largest absolute Gasteiger partial charge is 0.451 e. The Morgan fingerprint density at radius 2 is 1.58 bits per heavy atom. The molecular formula is C17H15F2NO5S. The van der Waals surface area contributed by atoms with Crippen molar-refractivity contribution in [3.8, 4) is 0 Å². The zero-order chi connectivity index (χ0) is 19.5. The fourth-order valence-electron chi connectivity index (χ4n) is 2.12. The monoisotopic (exact) mass is 383 g/mol. The van der Waals surface area contributed by atoms with Gasteiger partial charge in [-0.05, 0) is 43.3 Å². The molecule has 6 nitrogen and oxygen atoms in total. The van der Waals surface area contributed by atoms with Crippen molar-refractivity contribution in [2.75, 3.05) is 11.0 Å². The molecule has 0 heterocycles. The minimum Gasteiger partial charge on any atom is -0.451 e. The highest BCUT2D eigenvalue weighted by molar-refractivity contribution is 7.92. The molecule has 0 radical (unpaired) electrons. The van der Waals surface area contributed by atoms with Gasteiger partial charge in [-0.3, -0.25) is 9.52 Å². The average molecular weight is 383 g/mol. The third-order valence-corrected chi connectivity index (χ3v) is 3.90. The molecule has 0 fully saturated rings. The van der Waals surface area contributed by atoms with Gasteiger partial charge in [0.15, 0.2) is 6.10 Å². The van der Waals surface area contributed by atoms with Gasteiger partial charge in [-0.15, -0.1) is 0 Å². The Hall–Kier alpha value is -2.81. The smallest absolute Gasteiger partial charge is 0.344 e. The van der Waals surface area contributed by atoms with E-state index in [4.69, 9.17) is 4.74 Å². The standard InChI is InChI=1S/C17H15F2NO5S/c1-10(25-17(22)15-13(18)4-3-5-14(15)19)16(21)11-6-8-12(9-7-11)20-26(2,23)24/h3-10,20H,1-2H3/t10-/m1/s1. The normalized spacial score (nSPS) is 12.3. The van der Waals surface area contributed by atoms with Gasteiger partial charge in [0.05, 0.1) is 6.26 Å². The van der Waals surface area contributed by atoms with Crippen molar-refractivity contribution in [1.29, 1.82) is 0 Å². The van der Waals surface area contributed by atoms with E-state index >= 15 is 0 Å². The van der Waals surface area contributed by atoms with E-state index in [-0.39, 0.29) is 11.3 Å². The third kappa shape index (κ3) is 4.85. The highest BCUT2D eigenvalue weighted by atomic mass is 32.2. The summed E-state index contributed by atoms with van der Waals surface area (Å²) >= 11 is 0. The summed E-state index contributed by atoms with van der Waals surface area (Å²) in [5.74, 6) is -4.09. The maximum absolute atomic E-state index is 13.6. The van der Waals surface area contributed by atoms with Crippen molar-refractivity contribution in [2.45, 2.75) is 13.0 Å². The van der Waals surface area contributed by atoms with Gasteiger partial charge in [-0.2, -0.15) is 0 Å². The lowest BCUT2D eigenvalue weighted by atomic mass is 10.1. The number of ketones is 1. The summed E-state index contributed by atoms with van der Waals surface area (Å²) in [5, 5.41) is 0. The number of hydrogen-bond donors (Lipinski definition) is 1. The van der Waals surface area contributed by atoms with Crippen LogP contribution in [0.1, 0.15) is 27.6 Å². The minimum absolute atomic E-state index is 0.137. The quantitative estimate of drug-likeness (QED) is 0.612. The van der Waals surface area contributed by atoms with E-state index in [0.29, 0.717) is 0 Å². The van der Waals surface area contributed by atoms with Crippen LogP contribution in [0.15, 0.2) is 42.5 Å². The number of rotatable bonds is 6. The molecule has 0 unspecified atom stereocenters. The highest BCUT2D eigenvalue weighted by Gasteiger charge is 2.24. The van der Waals surface area contributed by atoms with Crippen LogP contribution in [0.3, 0.4) is 0 Å². The van der Waals surface area contributed by atoms with Crippen LogP contribution in [0.2, 0.25) is 0 Å². The van der Waals surface area contributed by atoms with Crippen LogP contribution in [0.5, 0.6) is 0 Å². The van der Waals surface area contributed by atoms with E-state index in [2.05, 4.69) is 4.72 Å². The summed E-state index contributed by atoms with van der Waals surface area (Å²) in [6, 6.07) is 8.30. The number of nitrogens with one attached hydrogen (secondary N) is 1. The lowest BCUT2D eigenvalue weighted by Crippen LogP contribution is -2.25. The van der Waals surface area contributed by atoms with Gasteiger partial charge in [0.25, 0.3) is 0 Å². The molecule has 0 aliphatic rings. The van der Waals surface area contributed by atoms with Crippen molar-refractivity contribution in [1.82, 2.24) is 0 Å². The first-order valence-electron chi connectivity index (χ1n) is 7.35. The van der Waals surface area contributed by atoms with Crippen LogP contribution in [0, 0.1) is 11.6 Å². The molecule has 0 saturated carbocycles. The van der Waals surface area contributed by atoms with E-state index in [1.54, 1.807) is 0 Å². The van der Waals surface area contributed by atoms with Gasteiger partial charge in [0, 0.05) is 11.3 Å². The number of Topliss-reactive ketones (excluding diaryl/α,β-unsaturated/α-hetero) is 1. The van der Waals surface area contributed by atoms with Crippen LogP contribution < -0.4 is 4.72 Å². The maximum atomic E-state index is 13.6. The number of benzene rings is 2. The van der Waals surface area contributed by atoms with Crippen LogP contribution in [0.25, 0.3) is 0 Å². The molecule has 1 N–H and O–H groups in total. The highest BCUT2D eigenvalue weighted by Crippen LogP contribution is 2.17. The lowest BCUT2D eigenvalue weighted by molar-refractivity contribution is 0.0309. The van der Waals surface area contributed by atoms with Gasteiger partial charge in [0.1, 0.15) is 17.2 Å². The Bertz CT molecular complexity index is 922. The van der Waals surface area contributed by atoms with E-state index in [1.165, 1.54) is 31.2 Å². The first kappa shape index (κ1) is 19.5. The van der Waals surface area contributed by atoms with Gasteiger partial charge in [-0.25, -0.2) is 22.0 Å². The molecule has 0 bridgehead atoms. The molecular weight excluding hydrogens is 368 g/mol. The lowest BCUT2D eigenvalue weighted by Gasteiger charge is -2.13. The first-order valence-corrected chi connectivity index (χ1v) is 9.24. The number of carbonyl (C=O) groups is 2. The summed E-state index contributed by atoms with van der Waals surface area (Å²) in [6.45, 7) is 1.27. The first-order chi connectivity index (χ1) is 12.1. The fourth-order valence-corrected chi connectivity index (χ4v) is 2.68. The number of esters is 1. The molecule has 1 atom stereocenters. The van der Waals surface area contributed by atoms with Crippen molar-refractivity contribution in [3.05, 3.63) is 65.2 Å². The SMILES string of the molecule is C[C@@H](OC(=O)c1c(F)cccc1F)C(=O)c1ccc(NS(C)(=O)=O)cc1. The molecule has 2 rings (SSSR count). The number of hydrogen-bond acceptors (Lipinski definition) is 5. The van der Waals surface area contributed by atoms with E-state index < -0.39 is 45.1 Å². The summed E-state index contributed by atoms with van der Waals surface area (Å²) in [4.78, 5) is 24.2. The number of carbonyl (C=O) groups excluding carboxylic acids is 2. The molecule has 2 aromatic rings. The van der Waals surface area contributed by atoms with Crippen molar-refractivity contribution < 1.29 is 31.5 Å². The van der Waals surface area contributed by atoms with Gasteiger partial charge < -0.3 is 4.74 Å². The number of halogens is 2. The van der Waals surface area contributed by atoms with Gasteiger partial charge in [0.2, 0.25) is 15.8 Å². The molecule has 2 aromatic carbocycles. The second-order valence-electron chi connectivity index (χ2n) is 5.46. The predicted octanol–water partition coefficient (Wildman–Crippen LogP) is 2.76. The fraction of sp³-hybridized carbons (Fsp3) is 0.176. The van der Waals surface area contributed by atoms with E-state index in [0.717, 1.165) is 24.5 Å². The zero-order valence-electron chi connectivity index (χ0n) is 13.8. The molecule has 0 aromatic heterocycles. The Kier molecular flexibility index (Phi) is 5.71. The third-order valence-electron chi connectivity index (χ3n) is 3.29. The summed E-state index contributed by atoms with van der Waals surface area (Å²) in [7, 11) is -3.46. The molecule has 0 aliphatic heterocycles. The molecule has 138 valence electrons. The molecule has 0 saturated heterocycles. The summed E-state index contributed by atoms with van der Waals surface area (Å²) in [6.07, 6.45) is -0.315. The predicted molar refractivity (Wildman–Crippen MR) is 90.5 cm³/mol.